The van der Waals surface area contributed by atoms with E-state index in [0.29, 0.717) is 0 Å². The van der Waals surface area contributed by atoms with Crippen molar-refractivity contribution >= 4 is 39.3 Å². The van der Waals surface area contributed by atoms with E-state index in [1.807, 2.05) is 0 Å². The third kappa shape index (κ3) is 4.67. The van der Waals surface area contributed by atoms with Crippen LogP contribution >= 0.6 is 27.5 Å². The smallest absolute Gasteiger partial charge is 0.306 e. The highest BCUT2D eigenvalue weighted by atomic mass is 79.9. The molecular formula is C18H15BrClF4N5O. The Hall–Kier alpha value is -2.40. The number of nitrogens with one attached hydrogen (secondary N) is 1. The summed E-state index contributed by atoms with van der Waals surface area (Å²) in [6.07, 6.45) is -3.18. The van der Waals surface area contributed by atoms with Gasteiger partial charge in [0.05, 0.1) is 16.7 Å². The van der Waals surface area contributed by atoms with Crippen molar-refractivity contribution in [2.45, 2.75) is 32.6 Å². The number of aromatic nitrogens is 4. The molecule has 1 unspecified atom stereocenters. The van der Waals surface area contributed by atoms with Gasteiger partial charge >= 0.3 is 6.18 Å². The first-order valence-corrected chi connectivity index (χ1v) is 9.74. The van der Waals surface area contributed by atoms with Gasteiger partial charge in [-0.05, 0) is 47.5 Å². The van der Waals surface area contributed by atoms with E-state index >= 15 is 0 Å². The number of nitrogens with zero attached hydrogens (tertiary/aromatic N) is 4. The van der Waals surface area contributed by atoms with Crippen LogP contribution in [0.15, 0.2) is 34.9 Å². The topological polar surface area (TPSA) is 64.7 Å². The van der Waals surface area contributed by atoms with Crippen molar-refractivity contribution < 1.29 is 22.4 Å². The van der Waals surface area contributed by atoms with Gasteiger partial charge in [0.15, 0.2) is 11.5 Å². The van der Waals surface area contributed by atoms with Crippen LogP contribution in [0.5, 0.6) is 0 Å². The summed E-state index contributed by atoms with van der Waals surface area (Å²) >= 11 is 8.99. The maximum Gasteiger partial charge on any atom is 0.436 e. The summed E-state index contributed by atoms with van der Waals surface area (Å²) in [5, 5.41) is 10.3. The van der Waals surface area contributed by atoms with Crippen molar-refractivity contribution in [2.24, 2.45) is 0 Å². The fourth-order valence-corrected chi connectivity index (χ4v) is 3.41. The van der Waals surface area contributed by atoms with Gasteiger partial charge in [-0.15, -0.1) is 0 Å². The van der Waals surface area contributed by atoms with Gasteiger partial charge in [-0.3, -0.25) is 14.2 Å². The predicted octanol–water partition coefficient (Wildman–Crippen LogP) is 5.21. The number of amides is 1. The standard InChI is InChI=1S/C18H15BrClF4N5O/c1-9-14(19)15(18(22,23)24)26-29(9)10(2)17(30)25-16-13(20)8-28(27-16)7-11-3-5-12(21)6-4-11/h3-6,8,10H,7H2,1-2H3,(H,25,27,30). The van der Waals surface area contributed by atoms with Crippen LogP contribution in [0.1, 0.15) is 29.9 Å². The zero-order chi connectivity index (χ0) is 22.2. The number of carbonyl (C=O) groups is 1. The van der Waals surface area contributed by atoms with E-state index < -0.39 is 23.8 Å². The fraction of sp³-hybridized carbons (Fsp3) is 0.278. The van der Waals surface area contributed by atoms with Gasteiger partial charge in [0, 0.05) is 6.20 Å². The summed E-state index contributed by atoms with van der Waals surface area (Å²) < 4.78 is 54.4. The monoisotopic (exact) mass is 507 g/mol. The molecule has 12 heteroatoms. The molecule has 1 aromatic carbocycles. The molecule has 0 fully saturated rings. The molecule has 1 atom stereocenters. The molecule has 0 aliphatic carbocycles. The Morgan fingerprint density at radius 2 is 1.90 bits per heavy atom. The Balaban J connectivity index is 1.76. The molecule has 3 aromatic rings. The highest BCUT2D eigenvalue weighted by Gasteiger charge is 2.39. The zero-order valence-corrected chi connectivity index (χ0v) is 18.0. The van der Waals surface area contributed by atoms with Crippen LogP contribution in [0.3, 0.4) is 0 Å². The molecule has 0 bridgehead atoms. The highest BCUT2D eigenvalue weighted by Crippen LogP contribution is 2.36. The van der Waals surface area contributed by atoms with Gasteiger partial charge in [-0.25, -0.2) is 4.39 Å². The zero-order valence-electron chi connectivity index (χ0n) is 15.6. The number of rotatable bonds is 5. The van der Waals surface area contributed by atoms with Crippen molar-refractivity contribution in [2.75, 3.05) is 5.32 Å². The molecule has 3 rings (SSSR count). The minimum Gasteiger partial charge on any atom is -0.306 e. The van der Waals surface area contributed by atoms with Crippen molar-refractivity contribution in [3.8, 4) is 0 Å². The van der Waals surface area contributed by atoms with Crippen molar-refractivity contribution in [3.63, 3.8) is 0 Å². The molecule has 0 spiro atoms. The van der Waals surface area contributed by atoms with Crippen molar-refractivity contribution in [3.05, 3.63) is 62.7 Å². The van der Waals surface area contributed by atoms with Crippen LogP contribution in [0.25, 0.3) is 0 Å². The van der Waals surface area contributed by atoms with Gasteiger partial charge in [0.2, 0.25) is 5.91 Å². The predicted molar refractivity (Wildman–Crippen MR) is 106 cm³/mol. The Bertz CT molecular complexity index is 1080. The van der Waals surface area contributed by atoms with Crippen molar-refractivity contribution in [1.82, 2.24) is 19.6 Å². The first-order valence-electron chi connectivity index (χ1n) is 8.57. The van der Waals surface area contributed by atoms with Crippen LogP contribution in [0.2, 0.25) is 5.02 Å². The Labute approximate surface area is 181 Å². The minimum atomic E-state index is -4.66. The molecule has 0 saturated carbocycles. The first-order chi connectivity index (χ1) is 14.0. The van der Waals surface area contributed by atoms with Crippen LogP contribution in [0.4, 0.5) is 23.4 Å². The minimum absolute atomic E-state index is 0.0514. The summed E-state index contributed by atoms with van der Waals surface area (Å²) in [4.78, 5) is 12.6. The number of hydrogen-bond acceptors (Lipinski definition) is 3. The van der Waals surface area contributed by atoms with E-state index in [1.165, 1.54) is 36.9 Å². The summed E-state index contributed by atoms with van der Waals surface area (Å²) in [5.74, 6) is -0.959. The second kappa shape index (κ2) is 8.38. The van der Waals surface area contributed by atoms with E-state index in [9.17, 15) is 22.4 Å². The summed E-state index contributed by atoms with van der Waals surface area (Å²) in [5.41, 5.74) is -0.197. The van der Waals surface area contributed by atoms with Crippen LogP contribution in [0, 0.1) is 12.7 Å². The molecule has 0 aliphatic heterocycles. The third-order valence-corrected chi connectivity index (χ3v) is 5.53. The fourth-order valence-electron chi connectivity index (χ4n) is 2.73. The molecule has 0 saturated heterocycles. The quantitative estimate of drug-likeness (QED) is 0.481. The van der Waals surface area contributed by atoms with Gasteiger partial charge in [0.1, 0.15) is 16.9 Å². The second-order valence-corrected chi connectivity index (χ2v) is 7.71. The van der Waals surface area contributed by atoms with Gasteiger partial charge in [0.25, 0.3) is 0 Å². The maximum absolute atomic E-state index is 13.1. The molecule has 2 heterocycles. The first kappa shape index (κ1) is 22.3. The normalized spacial score (nSPS) is 12.8. The lowest BCUT2D eigenvalue weighted by atomic mass is 10.2. The van der Waals surface area contributed by atoms with E-state index in [1.54, 1.807) is 12.1 Å². The van der Waals surface area contributed by atoms with Crippen LogP contribution in [-0.4, -0.2) is 25.5 Å². The van der Waals surface area contributed by atoms with E-state index in [0.717, 1.165) is 10.2 Å². The molecule has 6 nitrogen and oxygen atoms in total. The maximum atomic E-state index is 13.1. The van der Waals surface area contributed by atoms with Gasteiger partial charge in [-0.1, -0.05) is 23.7 Å². The SMILES string of the molecule is Cc1c(Br)c(C(F)(F)F)nn1C(C)C(=O)Nc1nn(Cc2ccc(F)cc2)cc1Cl. The van der Waals surface area contributed by atoms with Crippen LogP contribution in [-0.2, 0) is 17.5 Å². The largest absolute Gasteiger partial charge is 0.436 e. The number of carbonyl (C=O) groups excluding carboxylic acids is 1. The molecule has 30 heavy (non-hydrogen) atoms. The number of alkyl halides is 3. The summed E-state index contributed by atoms with van der Waals surface area (Å²) in [6.45, 7) is 3.11. The summed E-state index contributed by atoms with van der Waals surface area (Å²) in [7, 11) is 0. The summed E-state index contributed by atoms with van der Waals surface area (Å²) in [6, 6.07) is 4.73. The molecular weight excluding hydrogens is 494 g/mol. The highest BCUT2D eigenvalue weighted by molar-refractivity contribution is 9.10. The molecule has 1 N–H and O–H groups in total. The Kier molecular flexibility index (Phi) is 6.23. The number of hydrogen-bond donors (Lipinski definition) is 1. The second-order valence-electron chi connectivity index (χ2n) is 6.51. The van der Waals surface area contributed by atoms with E-state index in [2.05, 4.69) is 31.4 Å². The molecule has 2 aromatic heterocycles. The molecule has 0 radical (unpaired) electrons. The number of benzene rings is 1. The number of halogens is 6. The molecule has 0 aliphatic rings. The van der Waals surface area contributed by atoms with Gasteiger partial charge < -0.3 is 5.32 Å². The third-order valence-electron chi connectivity index (χ3n) is 4.31. The average molecular weight is 509 g/mol. The average Bonchev–Trinajstić information content (AvgIpc) is 3.16. The van der Waals surface area contributed by atoms with E-state index in [4.69, 9.17) is 11.6 Å². The van der Waals surface area contributed by atoms with Crippen molar-refractivity contribution in [1.29, 1.82) is 0 Å². The lowest BCUT2D eigenvalue weighted by molar-refractivity contribution is -0.142. The Morgan fingerprint density at radius 3 is 2.47 bits per heavy atom. The molecule has 1 amide bonds. The van der Waals surface area contributed by atoms with Crippen LogP contribution < -0.4 is 5.32 Å². The molecule has 160 valence electrons. The number of anilines is 1. The van der Waals surface area contributed by atoms with E-state index in [-0.39, 0.29) is 33.4 Å². The lowest BCUT2D eigenvalue weighted by Gasteiger charge is -2.13. The Morgan fingerprint density at radius 1 is 1.27 bits per heavy atom. The lowest BCUT2D eigenvalue weighted by Crippen LogP contribution is -2.26. The van der Waals surface area contributed by atoms with Gasteiger partial charge in [-0.2, -0.15) is 23.4 Å².